The van der Waals surface area contributed by atoms with Gasteiger partial charge in [0, 0.05) is 38.4 Å². The number of halogens is 1. The Labute approximate surface area is 197 Å². The Balaban J connectivity index is 0.00000450. The lowest BCUT2D eigenvalue weighted by molar-refractivity contribution is 0.0168. The summed E-state index contributed by atoms with van der Waals surface area (Å²) in [5.41, 5.74) is 1.68. The van der Waals surface area contributed by atoms with Gasteiger partial charge in [-0.05, 0) is 50.3 Å². The van der Waals surface area contributed by atoms with Crippen molar-refractivity contribution in [3.8, 4) is 0 Å². The normalized spacial score (nSPS) is 16.1. The van der Waals surface area contributed by atoms with E-state index in [4.69, 9.17) is 9.47 Å². The predicted molar refractivity (Wildman–Crippen MR) is 132 cm³/mol. The topological polar surface area (TPSA) is 84.0 Å². The minimum Gasteiger partial charge on any atom is -0.379 e. The molecule has 30 heavy (non-hydrogen) atoms. The fourth-order valence-corrected chi connectivity index (χ4v) is 3.04. The van der Waals surface area contributed by atoms with Crippen molar-refractivity contribution in [3.05, 3.63) is 35.4 Å². The van der Waals surface area contributed by atoms with Crippen molar-refractivity contribution < 1.29 is 14.3 Å². The van der Waals surface area contributed by atoms with Crippen LogP contribution in [0.5, 0.6) is 0 Å². The smallest absolute Gasteiger partial charge is 0.251 e. The van der Waals surface area contributed by atoms with Gasteiger partial charge in [0.2, 0.25) is 0 Å². The Morgan fingerprint density at radius 3 is 2.83 bits per heavy atom. The fourth-order valence-electron chi connectivity index (χ4n) is 3.04. The number of nitrogens with one attached hydrogen (secondary N) is 3. The Hall–Kier alpha value is -1.39. The van der Waals surface area contributed by atoms with Gasteiger partial charge in [-0.25, -0.2) is 4.99 Å². The van der Waals surface area contributed by atoms with Crippen molar-refractivity contribution in [1.82, 2.24) is 16.0 Å². The maximum atomic E-state index is 12.1. The summed E-state index contributed by atoms with van der Waals surface area (Å²) in [4.78, 5) is 16.7. The molecule has 1 aromatic carbocycles. The van der Waals surface area contributed by atoms with Crippen LogP contribution in [-0.4, -0.2) is 57.4 Å². The summed E-state index contributed by atoms with van der Waals surface area (Å²) in [5.74, 6) is 0.734. The average molecular weight is 532 g/mol. The van der Waals surface area contributed by atoms with Gasteiger partial charge in [-0.1, -0.05) is 19.1 Å². The van der Waals surface area contributed by atoms with E-state index >= 15 is 0 Å². The molecule has 0 saturated carbocycles. The highest BCUT2D eigenvalue weighted by Crippen LogP contribution is 2.11. The molecule has 3 N–H and O–H groups in total. The number of benzene rings is 1. The predicted octanol–water partition coefficient (Wildman–Crippen LogP) is 3.09. The van der Waals surface area contributed by atoms with Gasteiger partial charge in [-0.2, -0.15) is 0 Å². The van der Waals surface area contributed by atoms with Gasteiger partial charge >= 0.3 is 0 Å². The van der Waals surface area contributed by atoms with Gasteiger partial charge in [0.05, 0.1) is 19.3 Å². The highest BCUT2D eigenvalue weighted by atomic mass is 127. The highest BCUT2D eigenvalue weighted by molar-refractivity contribution is 14.0. The molecule has 0 spiro atoms. The number of aliphatic imine (C=N–C) groups is 1. The number of nitrogens with zero attached hydrogens (tertiary/aromatic N) is 1. The van der Waals surface area contributed by atoms with E-state index in [1.165, 1.54) is 0 Å². The molecule has 1 aromatic rings. The summed E-state index contributed by atoms with van der Waals surface area (Å²) in [5, 5.41) is 9.49. The first kappa shape index (κ1) is 26.6. The van der Waals surface area contributed by atoms with Crippen molar-refractivity contribution in [2.45, 2.75) is 52.2 Å². The van der Waals surface area contributed by atoms with Crippen LogP contribution in [0, 0.1) is 0 Å². The molecule has 0 aromatic heterocycles. The number of guanidine groups is 1. The molecule has 1 aliphatic heterocycles. The molecule has 1 aliphatic rings. The van der Waals surface area contributed by atoms with Crippen LogP contribution >= 0.6 is 24.0 Å². The number of carbonyl (C=O) groups is 1. The first-order chi connectivity index (χ1) is 14.2. The second kappa shape index (κ2) is 16.3. The number of hydrogen-bond acceptors (Lipinski definition) is 4. The lowest BCUT2D eigenvalue weighted by Gasteiger charge is -2.13. The van der Waals surface area contributed by atoms with Crippen molar-refractivity contribution in [1.29, 1.82) is 0 Å². The zero-order chi connectivity index (χ0) is 20.7. The molecule has 1 fully saturated rings. The number of carbonyl (C=O) groups excluding carboxylic acids is 1. The van der Waals surface area contributed by atoms with Crippen LogP contribution < -0.4 is 16.0 Å². The summed E-state index contributed by atoms with van der Waals surface area (Å²) in [6.07, 6.45) is 4.36. The largest absolute Gasteiger partial charge is 0.379 e. The Morgan fingerprint density at radius 2 is 2.10 bits per heavy atom. The number of rotatable bonds is 12. The van der Waals surface area contributed by atoms with Crippen LogP contribution in [0.15, 0.2) is 29.3 Å². The fraction of sp³-hybridized carbons (Fsp3) is 0.636. The molecule has 8 heteroatoms. The van der Waals surface area contributed by atoms with E-state index < -0.39 is 0 Å². The maximum absolute atomic E-state index is 12.1. The Morgan fingerprint density at radius 1 is 1.23 bits per heavy atom. The van der Waals surface area contributed by atoms with Crippen LogP contribution in [0.25, 0.3) is 0 Å². The summed E-state index contributed by atoms with van der Waals surface area (Å²) < 4.78 is 11.2. The van der Waals surface area contributed by atoms with Crippen molar-refractivity contribution >= 4 is 35.8 Å². The maximum Gasteiger partial charge on any atom is 0.251 e. The van der Waals surface area contributed by atoms with Crippen LogP contribution in [0.1, 0.15) is 55.5 Å². The molecule has 1 heterocycles. The Kier molecular flexibility index (Phi) is 14.5. The molecule has 1 atom stereocenters. The molecular formula is C22H37IN4O3. The lowest BCUT2D eigenvalue weighted by Crippen LogP contribution is -2.38. The average Bonchev–Trinajstić information content (AvgIpc) is 3.26. The molecule has 2 rings (SSSR count). The minimum absolute atomic E-state index is 0. The van der Waals surface area contributed by atoms with Gasteiger partial charge in [0.25, 0.3) is 5.91 Å². The van der Waals surface area contributed by atoms with Gasteiger partial charge in [-0.3, -0.25) is 4.79 Å². The molecule has 1 unspecified atom stereocenters. The number of ether oxygens (including phenoxy) is 2. The number of hydrogen-bond donors (Lipinski definition) is 3. The first-order valence-electron chi connectivity index (χ1n) is 10.8. The second-order valence-corrected chi connectivity index (χ2v) is 7.14. The van der Waals surface area contributed by atoms with E-state index in [-0.39, 0.29) is 36.0 Å². The Bertz CT molecular complexity index is 637. The van der Waals surface area contributed by atoms with Crippen LogP contribution in [0.3, 0.4) is 0 Å². The van der Waals surface area contributed by atoms with Gasteiger partial charge in [0.15, 0.2) is 5.96 Å². The van der Waals surface area contributed by atoms with E-state index in [0.717, 1.165) is 56.9 Å². The van der Waals surface area contributed by atoms with Crippen molar-refractivity contribution in [2.24, 2.45) is 4.99 Å². The monoisotopic (exact) mass is 532 g/mol. The molecular weight excluding hydrogens is 495 g/mol. The molecule has 1 saturated heterocycles. The summed E-state index contributed by atoms with van der Waals surface area (Å²) >= 11 is 0. The quantitative estimate of drug-likeness (QED) is 0.167. The minimum atomic E-state index is -0.0364. The molecule has 170 valence electrons. The van der Waals surface area contributed by atoms with E-state index in [2.05, 4.69) is 20.9 Å². The zero-order valence-electron chi connectivity index (χ0n) is 18.2. The van der Waals surface area contributed by atoms with Crippen molar-refractivity contribution in [3.63, 3.8) is 0 Å². The van der Waals surface area contributed by atoms with Gasteiger partial charge in [-0.15, -0.1) is 24.0 Å². The van der Waals surface area contributed by atoms with Crippen LogP contribution in [0.4, 0.5) is 0 Å². The first-order valence-corrected chi connectivity index (χ1v) is 10.8. The van der Waals surface area contributed by atoms with E-state index in [1.54, 1.807) is 0 Å². The van der Waals surface area contributed by atoms with E-state index in [1.807, 2.05) is 38.1 Å². The summed E-state index contributed by atoms with van der Waals surface area (Å²) in [6, 6.07) is 7.62. The molecule has 0 aliphatic carbocycles. The van der Waals surface area contributed by atoms with E-state index in [0.29, 0.717) is 31.9 Å². The van der Waals surface area contributed by atoms with Gasteiger partial charge in [0.1, 0.15) is 0 Å². The summed E-state index contributed by atoms with van der Waals surface area (Å²) in [6.45, 7) is 9.13. The standard InChI is InChI=1S/C22H36N4O3.HI/c1-3-11-24-21(27)19-9-5-8-18(15-19)16-26-22(23-4-2)25-12-7-13-28-17-20-10-6-14-29-20;/h5,8-9,15,20H,3-4,6-7,10-14,16-17H2,1-2H3,(H,24,27)(H2,23,25,26);1H. The third kappa shape index (κ3) is 10.6. The SMILES string of the molecule is CCCNC(=O)c1cccc(CN=C(NCC)NCCCOCC2CCCO2)c1.I. The van der Waals surface area contributed by atoms with Crippen LogP contribution in [-0.2, 0) is 16.0 Å². The van der Waals surface area contributed by atoms with E-state index in [9.17, 15) is 4.79 Å². The van der Waals surface area contributed by atoms with Gasteiger partial charge < -0.3 is 25.4 Å². The summed E-state index contributed by atoms with van der Waals surface area (Å²) in [7, 11) is 0. The van der Waals surface area contributed by atoms with Crippen LogP contribution in [0.2, 0.25) is 0 Å². The molecule has 0 radical (unpaired) electrons. The zero-order valence-corrected chi connectivity index (χ0v) is 20.6. The highest BCUT2D eigenvalue weighted by Gasteiger charge is 2.14. The molecule has 0 bridgehead atoms. The lowest BCUT2D eigenvalue weighted by atomic mass is 10.1. The third-order valence-corrected chi connectivity index (χ3v) is 4.57. The second-order valence-electron chi connectivity index (χ2n) is 7.14. The third-order valence-electron chi connectivity index (χ3n) is 4.57. The molecule has 7 nitrogen and oxygen atoms in total. The molecule has 1 amide bonds. The van der Waals surface area contributed by atoms with Crippen molar-refractivity contribution in [2.75, 3.05) is 39.5 Å². The number of amides is 1.